The number of rotatable bonds is 6. The van der Waals surface area contributed by atoms with Gasteiger partial charge in [-0.3, -0.25) is 9.89 Å². The Kier molecular flexibility index (Phi) is 5.12. The predicted octanol–water partition coefficient (Wildman–Crippen LogP) is 2.44. The van der Waals surface area contributed by atoms with Crippen LogP contribution in [0.25, 0.3) is 0 Å². The fourth-order valence-electron chi connectivity index (χ4n) is 2.07. The maximum absolute atomic E-state index is 12.5. The smallest absolute Gasteiger partial charge is 0.263 e. The van der Waals surface area contributed by atoms with Crippen molar-refractivity contribution in [2.24, 2.45) is 5.92 Å². The van der Waals surface area contributed by atoms with Crippen molar-refractivity contribution in [2.75, 3.05) is 11.9 Å². The van der Waals surface area contributed by atoms with Gasteiger partial charge in [0, 0.05) is 6.54 Å². The molecule has 1 unspecified atom stereocenters. The van der Waals surface area contributed by atoms with Crippen LogP contribution in [0, 0.1) is 19.8 Å². The topological polar surface area (TPSA) is 95.6 Å². The lowest BCUT2D eigenvalue weighted by Crippen LogP contribution is -2.32. The summed E-state index contributed by atoms with van der Waals surface area (Å²) in [6.07, 6.45) is 0. The van der Waals surface area contributed by atoms with Gasteiger partial charge >= 0.3 is 0 Å². The van der Waals surface area contributed by atoms with E-state index in [1.165, 1.54) is 11.3 Å². The summed E-state index contributed by atoms with van der Waals surface area (Å²) in [5, 5.41) is 13.9. The normalized spacial score (nSPS) is 12.5. The number of thiazole rings is 1. The molecule has 0 saturated heterocycles. The maximum atomic E-state index is 12.5. The van der Waals surface area contributed by atoms with Gasteiger partial charge in [0.05, 0.1) is 11.7 Å². The van der Waals surface area contributed by atoms with Crippen molar-refractivity contribution in [1.82, 2.24) is 25.5 Å². The molecule has 120 valence electrons. The van der Waals surface area contributed by atoms with E-state index in [2.05, 4.69) is 30.8 Å². The number of carbonyl (C=O) groups excluding carboxylic acids is 1. The molecule has 2 rings (SSSR count). The molecule has 2 aromatic heterocycles. The van der Waals surface area contributed by atoms with Crippen LogP contribution >= 0.6 is 11.3 Å². The quantitative estimate of drug-likeness (QED) is 0.759. The first-order chi connectivity index (χ1) is 10.4. The van der Waals surface area contributed by atoms with E-state index in [-0.39, 0.29) is 17.9 Å². The van der Waals surface area contributed by atoms with E-state index in [1.54, 1.807) is 0 Å². The predicted molar refractivity (Wildman–Crippen MR) is 87.2 cm³/mol. The third kappa shape index (κ3) is 3.62. The lowest BCUT2D eigenvalue weighted by atomic mass is 10.0. The van der Waals surface area contributed by atoms with Gasteiger partial charge in [0.1, 0.15) is 10.7 Å². The Labute approximate surface area is 134 Å². The SMILES string of the molecule is CCNc1nc(C)c(C(=O)NC(c2n[nH]c(C)n2)C(C)C)s1. The third-order valence-electron chi connectivity index (χ3n) is 3.18. The zero-order valence-corrected chi connectivity index (χ0v) is 14.3. The Morgan fingerprint density at radius 2 is 2.05 bits per heavy atom. The van der Waals surface area contributed by atoms with Crippen molar-refractivity contribution in [2.45, 2.75) is 40.7 Å². The standard InChI is InChI=1S/C14H22N6OS/c1-6-15-14-16-8(4)11(22-14)13(21)18-10(7(2)3)12-17-9(5)19-20-12/h7,10H,6H2,1-5H3,(H,15,16)(H,18,21)(H,17,19,20). The highest BCUT2D eigenvalue weighted by Gasteiger charge is 2.25. The fourth-order valence-corrected chi connectivity index (χ4v) is 3.01. The Bertz CT molecular complexity index is 648. The van der Waals surface area contributed by atoms with E-state index in [4.69, 9.17) is 0 Å². The number of aryl methyl sites for hydroxylation is 2. The van der Waals surface area contributed by atoms with Gasteiger partial charge in [-0.05, 0) is 26.7 Å². The third-order valence-corrected chi connectivity index (χ3v) is 4.29. The average Bonchev–Trinajstić information content (AvgIpc) is 3.02. The molecule has 0 radical (unpaired) electrons. The van der Waals surface area contributed by atoms with Crippen molar-refractivity contribution in [3.05, 3.63) is 22.2 Å². The second kappa shape index (κ2) is 6.87. The van der Waals surface area contributed by atoms with Crippen LogP contribution in [0.1, 0.15) is 53.8 Å². The number of H-pyrrole nitrogens is 1. The molecule has 7 nitrogen and oxygen atoms in total. The number of nitrogens with one attached hydrogen (secondary N) is 3. The molecule has 0 bridgehead atoms. The summed E-state index contributed by atoms with van der Waals surface area (Å²) in [5.41, 5.74) is 0.729. The number of amides is 1. The minimum Gasteiger partial charge on any atom is -0.362 e. The van der Waals surface area contributed by atoms with Crippen molar-refractivity contribution in [3.8, 4) is 0 Å². The molecule has 0 fully saturated rings. The minimum absolute atomic E-state index is 0.139. The lowest BCUT2D eigenvalue weighted by molar-refractivity contribution is 0.0926. The van der Waals surface area contributed by atoms with Gasteiger partial charge in [-0.2, -0.15) is 5.10 Å². The molecule has 0 spiro atoms. The number of aromatic nitrogens is 4. The van der Waals surface area contributed by atoms with Crippen LogP contribution in [-0.4, -0.2) is 32.6 Å². The van der Waals surface area contributed by atoms with Gasteiger partial charge in [0.25, 0.3) is 5.91 Å². The summed E-state index contributed by atoms with van der Waals surface area (Å²) in [7, 11) is 0. The van der Waals surface area contributed by atoms with E-state index in [0.29, 0.717) is 10.7 Å². The van der Waals surface area contributed by atoms with Crippen LogP contribution in [-0.2, 0) is 0 Å². The minimum atomic E-state index is -0.235. The first-order valence-electron chi connectivity index (χ1n) is 7.33. The number of hydrogen-bond acceptors (Lipinski definition) is 6. The molecule has 3 N–H and O–H groups in total. The second-order valence-corrected chi connectivity index (χ2v) is 6.44. The first-order valence-corrected chi connectivity index (χ1v) is 8.15. The maximum Gasteiger partial charge on any atom is 0.263 e. The van der Waals surface area contributed by atoms with Crippen molar-refractivity contribution in [3.63, 3.8) is 0 Å². The van der Waals surface area contributed by atoms with Crippen molar-refractivity contribution in [1.29, 1.82) is 0 Å². The molecule has 0 saturated carbocycles. The number of hydrogen-bond donors (Lipinski definition) is 3. The Balaban J connectivity index is 2.18. The zero-order valence-electron chi connectivity index (χ0n) is 13.5. The van der Waals surface area contributed by atoms with Crippen molar-refractivity contribution < 1.29 is 4.79 Å². The summed E-state index contributed by atoms with van der Waals surface area (Å²) >= 11 is 1.36. The number of nitrogens with zero attached hydrogens (tertiary/aromatic N) is 3. The Hall–Kier alpha value is -1.96. The monoisotopic (exact) mass is 322 g/mol. The second-order valence-electron chi connectivity index (χ2n) is 5.44. The fraction of sp³-hybridized carbons (Fsp3) is 0.571. The van der Waals surface area contributed by atoms with Gasteiger partial charge < -0.3 is 10.6 Å². The summed E-state index contributed by atoms with van der Waals surface area (Å²) in [6.45, 7) is 10.5. The molecular weight excluding hydrogens is 300 g/mol. The van der Waals surface area contributed by atoms with E-state index in [9.17, 15) is 4.79 Å². The molecule has 2 aromatic rings. The summed E-state index contributed by atoms with van der Waals surface area (Å²) in [5.74, 6) is 1.38. The molecule has 2 heterocycles. The van der Waals surface area contributed by atoms with Crippen molar-refractivity contribution >= 4 is 22.4 Å². The van der Waals surface area contributed by atoms with Gasteiger partial charge in [-0.15, -0.1) is 0 Å². The van der Waals surface area contributed by atoms with Gasteiger partial charge in [0.2, 0.25) is 0 Å². The Morgan fingerprint density at radius 1 is 1.32 bits per heavy atom. The van der Waals surface area contributed by atoms with Crippen LogP contribution in [0.2, 0.25) is 0 Å². The van der Waals surface area contributed by atoms with Gasteiger partial charge in [-0.25, -0.2) is 9.97 Å². The molecule has 22 heavy (non-hydrogen) atoms. The molecule has 1 amide bonds. The molecule has 0 aliphatic rings. The van der Waals surface area contributed by atoms with E-state index in [0.717, 1.165) is 23.2 Å². The van der Waals surface area contributed by atoms with Gasteiger partial charge in [-0.1, -0.05) is 25.2 Å². The van der Waals surface area contributed by atoms with E-state index >= 15 is 0 Å². The highest BCUT2D eigenvalue weighted by atomic mass is 32.1. The summed E-state index contributed by atoms with van der Waals surface area (Å²) in [4.78, 5) is 21.9. The molecule has 0 aromatic carbocycles. The molecule has 0 aliphatic heterocycles. The molecule has 0 aliphatic carbocycles. The molecular formula is C14H22N6OS. The first kappa shape index (κ1) is 16.4. The molecule has 1 atom stereocenters. The number of carbonyl (C=O) groups is 1. The highest BCUT2D eigenvalue weighted by Crippen LogP contribution is 2.24. The molecule has 8 heteroatoms. The van der Waals surface area contributed by atoms with Crippen LogP contribution in [0.15, 0.2) is 0 Å². The zero-order chi connectivity index (χ0) is 16.3. The lowest BCUT2D eigenvalue weighted by Gasteiger charge is -2.19. The van der Waals surface area contributed by atoms with Crippen LogP contribution < -0.4 is 10.6 Å². The van der Waals surface area contributed by atoms with E-state index in [1.807, 2.05) is 34.6 Å². The largest absolute Gasteiger partial charge is 0.362 e. The summed E-state index contributed by atoms with van der Waals surface area (Å²) < 4.78 is 0. The van der Waals surface area contributed by atoms with Crippen LogP contribution in [0.3, 0.4) is 0 Å². The highest BCUT2D eigenvalue weighted by molar-refractivity contribution is 7.17. The van der Waals surface area contributed by atoms with Gasteiger partial charge in [0.15, 0.2) is 11.0 Å². The van der Waals surface area contributed by atoms with Crippen LogP contribution in [0.4, 0.5) is 5.13 Å². The Morgan fingerprint density at radius 3 is 2.59 bits per heavy atom. The average molecular weight is 322 g/mol. The van der Waals surface area contributed by atoms with Crippen LogP contribution in [0.5, 0.6) is 0 Å². The number of aromatic amines is 1. The number of anilines is 1. The van der Waals surface area contributed by atoms with E-state index < -0.39 is 0 Å². The summed E-state index contributed by atoms with van der Waals surface area (Å²) in [6, 6.07) is -0.235.